The SMILES string of the molecule is O=C(c1cscn1)N(Cc1ccccn1)C1CC1. The number of aromatic nitrogens is 2. The predicted molar refractivity (Wildman–Crippen MR) is 69.2 cm³/mol. The Hall–Kier alpha value is -1.75. The van der Waals surface area contributed by atoms with E-state index in [9.17, 15) is 4.79 Å². The summed E-state index contributed by atoms with van der Waals surface area (Å²) < 4.78 is 0. The van der Waals surface area contributed by atoms with Gasteiger partial charge >= 0.3 is 0 Å². The van der Waals surface area contributed by atoms with Gasteiger partial charge in [0.05, 0.1) is 17.7 Å². The largest absolute Gasteiger partial charge is 0.328 e. The molecule has 18 heavy (non-hydrogen) atoms. The molecule has 0 N–H and O–H groups in total. The van der Waals surface area contributed by atoms with Gasteiger partial charge in [0.1, 0.15) is 5.69 Å². The van der Waals surface area contributed by atoms with Gasteiger partial charge in [-0.25, -0.2) is 4.98 Å². The Bertz CT molecular complexity index is 522. The lowest BCUT2D eigenvalue weighted by Gasteiger charge is -2.20. The molecule has 0 spiro atoms. The van der Waals surface area contributed by atoms with Crippen LogP contribution in [-0.2, 0) is 6.54 Å². The van der Waals surface area contributed by atoms with Crippen LogP contribution in [0.15, 0.2) is 35.3 Å². The van der Waals surface area contributed by atoms with Gasteiger partial charge in [-0.2, -0.15) is 0 Å². The molecule has 0 unspecified atom stereocenters. The molecule has 1 fully saturated rings. The third-order valence-electron chi connectivity index (χ3n) is 2.96. The van der Waals surface area contributed by atoms with Gasteiger partial charge in [-0.1, -0.05) is 6.07 Å². The van der Waals surface area contributed by atoms with Gasteiger partial charge in [0.15, 0.2) is 0 Å². The lowest BCUT2D eigenvalue weighted by molar-refractivity contribution is 0.0722. The Morgan fingerprint density at radius 3 is 2.89 bits per heavy atom. The molecule has 1 saturated carbocycles. The minimum Gasteiger partial charge on any atom is -0.328 e. The monoisotopic (exact) mass is 259 g/mol. The first-order valence-electron chi connectivity index (χ1n) is 5.93. The van der Waals surface area contributed by atoms with Gasteiger partial charge in [-0.3, -0.25) is 9.78 Å². The molecule has 2 heterocycles. The number of amides is 1. The maximum Gasteiger partial charge on any atom is 0.273 e. The fourth-order valence-corrected chi connectivity index (χ4v) is 2.41. The molecule has 1 aliphatic carbocycles. The van der Waals surface area contributed by atoms with Crippen LogP contribution in [0.25, 0.3) is 0 Å². The minimum atomic E-state index is 0.0180. The van der Waals surface area contributed by atoms with Crippen molar-refractivity contribution in [3.8, 4) is 0 Å². The predicted octanol–water partition coefficient (Wildman–Crippen LogP) is 2.34. The third kappa shape index (κ3) is 2.41. The van der Waals surface area contributed by atoms with Crippen LogP contribution in [0.2, 0.25) is 0 Å². The average molecular weight is 259 g/mol. The normalized spacial score (nSPS) is 14.4. The van der Waals surface area contributed by atoms with Crippen molar-refractivity contribution in [3.63, 3.8) is 0 Å². The standard InChI is InChI=1S/C13H13N3OS/c17-13(12-8-18-9-15-12)16(11-4-5-11)7-10-3-1-2-6-14-10/h1-3,6,8-9,11H,4-5,7H2. The maximum absolute atomic E-state index is 12.3. The molecule has 3 rings (SSSR count). The average Bonchev–Trinajstić information content (AvgIpc) is 3.10. The zero-order chi connectivity index (χ0) is 12.4. The second-order valence-electron chi connectivity index (χ2n) is 4.36. The van der Waals surface area contributed by atoms with Crippen molar-refractivity contribution in [2.24, 2.45) is 0 Å². The molecule has 0 aromatic carbocycles. The van der Waals surface area contributed by atoms with Crippen molar-refractivity contribution in [1.29, 1.82) is 0 Å². The molecule has 0 bridgehead atoms. The van der Waals surface area contributed by atoms with Crippen LogP contribution in [0.4, 0.5) is 0 Å². The van der Waals surface area contributed by atoms with E-state index < -0.39 is 0 Å². The molecule has 0 aliphatic heterocycles. The number of carbonyl (C=O) groups is 1. The summed E-state index contributed by atoms with van der Waals surface area (Å²) in [5, 5.41) is 1.80. The van der Waals surface area contributed by atoms with Gasteiger partial charge in [0.25, 0.3) is 5.91 Å². The number of rotatable bonds is 4. The van der Waals surface area contributed by atoms with E-state index in [4.69, 9.17) is 0 Å². The summed E-state index contributed by atoms with van der Waals surface area (Å²) in [6.07, 6.45) is 3.93. The number of nitrogens with zero attached hydrogens (tertiary/aromatic N) is 3. The summed E-state index contributed by atoms with van der Waals surface area (Å²) in [4.78, 5) is 22.6. The fraction of sp³-hybridized carbons (Fsp3) is 0.308. The van der Waals surface area contributed by atoms with Gasteiger partial charge in [0, 0.05) is 17.6 Å². The Morgan fingerprint density at radius 1 is 1.39 bits per heavy atom. The zero-order valence-corrected chi connectivity index (χ0v) is 10.6. The summed E-state index contributed by atoms with van der Waals surface area (Å²) in [5.74, 6) is 0.0180. The van der Waals surface area contributed by atoms with Crippen LogP contribution in [0.3, 0.4) is 0 Å². The highest BCUT2D eigenvalue weighted by molar-refractivity contribution is 7.07. The fourth-order valence-electron chi connectivity index (χ4n) is 1.88. The smallest absolute Gasteiger partial charge is 0.273 e. The summed E-state index contributed by atoms with van der Waals surface area (Å²) in [6, 6.07) is 6.14. The Labute approximate surface area is 109 Å². The summed E-state index contributed by atoms with van der Waals surface area (Å²) in [6.45, 7) is 0.571. The molecule has 0 saturated heterocycles. The maximum atomic E-state index is 12.3. The number of hydrogen-bond donors (Lipinski definition) is 0. The van der Waals surface area contributed by atoms with Crippen LogP contribution in [0, 0.1) is 0 Å². The molecule has 0 atom stereocenters. The van der Waals surface area contributed by atoms with Gasteiger partial charge < -0.3 is 4.90 Å². The van der Waals surface area contributed by atoms with Crippen molar-refractivity contribution in [2.45, 2.75) is 25.4 Å². The highest BCUT2D eigenvalue weighted by Crippen LogP contribution is 2.29. The molecule has 2 aromatic heterocycles. The van der Waals surface area contributed by atoms with Crippen LogP contribution >= 0.6 is 11.3 Å². The lowest BCUT2D eigenvalue weighted by atomic mass is 10.3. The van der Waals surface area contributed by atoms with Crippen molar-refractivity contribution in [3.05, 3.63) is 46.7 Å². The minimum absolute atomic E-state index is 0.0180. The summed E-state index contributed by atoms with van der Waals surface area (Å²) in [5.41, 5.74) is 3.16. The zero-order valence-electron chi connectivity index (χ0n) is 9.82. The first-order valence-corrected chi connectivity index (χ1v) is 6.88. The van der Waals surface area contributed by atoms with E-state index in [1.165, 1.54) is 11.3 Å². The molecule has 4 nitrogen and oxygen atoms in total. The molecule has 1 amide bonds. The Kier molecular flexibility index (Phi) is 3.06. The highest BCUT2D eigenvalue weighted by atomic mass is 32.1. The van der Waals surface area contributed by atoms with Crippen LogP contribution in [-0.4, -0.2) is 26.8 Å². The molecule has 5 heteroatoms. The van der Waals surface area contributed by atoms with Crippen LogP contribution in [0.5, 0.6) is 0 Å². The van der Waals surface area contributed by atoms with E-state index >= 15 is 0 Å². The second kappa shape index (κ2) is 4.86. The first-order chi connectivity index (χ1) is 8.84. The Morgan fingerprint density at radius 2 is 2.28 bits per heavy atom. The number of carbonyl (C=O) groups excluding carboxylic acids is 1. The van der Waals surface area contributed by atoms with Crippen molar-refractivity contribution >= 4 is 17.2 Å². The van der Waals surface area contributed by atoms with E-state index in [1.807, 2.05) is 23.1 Å². The van der Waals surface area contributed by atoms with Crippen molar-refractivity contribution in [1.82, 2.24) is 14.9 Å². The summed E-state index contributed by atoms with van der Waals surface area (Å²) >= 11 is 1.45. The molecule has 1 aliphatic rings. The van der Waals surface area contributed by atoms with Crippen LogP contribution < -0.4 is 0 Å². The van der Waals surface area contributed by atoms with Crippen LogP contribution in [0.1, 0.15) is 29.0 Å². The van der Waals surface area contributed by atoms with E-state index in [0.717, 1.165) is 18.5 Å². The highest BCUT2D eigenvalue weighted by Gasteiger charge is 2.33. The molecular weight excluding hydrogens is 246 g/mol. The molecule has 0 radical (unpaired) electrons. The van der Waals surface area contributed by atoms with E-state index in [-0.39, 0.29) is 5.91 Å². The van der Waals surface area contributed by atoms with E-state index in [0.29, 0.717) is 18.3 Å². The number of thiazole rings is 1. The van der Waals surface area contributed by atoms with Gasteiger partial charge in [-0.15, -0.1) is 11.3 Å². The van der Waals surface area contributed by atoms with Gasteiger partial charge in [0.2, 0.25) is 0 Å². The van der Waals surface area contributed by atoms with Crippen molar-refractivity contribution < 1.29 is 4.79 Å². The van der Waals surface area contributed by atoms with Crippen molar-refractivity contribution in [2.75, 3.05) is 0 Å². The summed E-state index contributed by atoms with van der Waals surface area (Å²) in [7, 11) is 0. The molecule has 2 aromatic rings. The van der Waals surface area contributed by atoms with Gasteiger partial charge in [-0.05, 0) is 25.0 Å². The quantitative estimate of drug-likeness (QED) is 0.846. The third-order valence-corrected chi connectivity index (χ3v) is 3.54. The second-order valence-corrected chi connectivity index (χ2v) is 5.08. The van der Waals surface area contributed by atoms with E-state index in [2.05, 4.69) is 9.97 Å². The number of pyridine rings is 1. The Balaban J connectivity index is 1.79. The first kappa shape index (κ1) is 11.3. The number of hydrogen-bond acceptors (Lipinski definition) is 4. The molecular formula is C13H13N3OS. The topological polar surface area (TPSA) is 46.1 Å². The lowest BCUT2D eigenvalue weighted by Crippen LogP contribution is -2.33. The molecule has 92 valence electrons. The van der Waals surface area contributed by atoms with E-state index in [1.54, 1.807) is 17.1 Å².